The van der Waals surface area contributed by atoms with E-state index in [0.29, 0.717) is 0 Å². The molecule has 1 N–H and O–H groups in total. The van der Waals surface area contributed by atoms with Crippen molar-refractivity contribution in [1.82, 2.24) is 10.3 Å². The van der Waals surface area contributed by atoms with Crippen molar-refractivity contribution in [3.05, 3.63) is 24.0 Å². The third-order valence-corrected chi connectivity index (χ3v) is 1.79. The van der Waals surface area contributed by atoms with Crippen LogP contribution in [0.25, 0.3) is 0 Å². The highest BCUT2D eigenvalue weighted by Gasteiger charge is 1.97. The fourth-order valence-electron chi connectivity index (χ4n) is 1.05. The molecule has 0 fully saturated rings. The molecule has 72 valence electrons. The van der Waals surface area contributed by atoms with Gasteiger partial charge in [-0.3, -0.25) is 4.98 Å². The quantitative estimate of drug-likeness (QED) is 0.695. The van der Waals surface area contributed by atoms with E-state index in [4.69, 9.17) is 4.74 Å². The molecule has 0 aromatic carbocycles. The highest BCUT2D eigenvalue weighted by molar-refractivity contribution is 5.25. The molecule has 0 atom stereocenters. The van der Waals surface area contributed by atoms with E-state index in [2.05, 4.69) is 10.3 Å². The topological polar surface area (TPSA) is 34.1 Å². The molecule has 3 nitrogen and oxygen atoms in total. The first-order valence-corrected chi connectivity index (χ1v) is 4.53. The molecular formula is C10H16N2O. The van der Waals surface area contributed by atoms with E-state index in [1.165, 1.54) is 0 Å². The van der Waals surface area contributed by atoms with Crippen LogP contribution in [0.4, 0.5) is 0 Å². The van der Waals surface area contributed by atoms with Crippen molar-refractivity contribution in [2.75, 3.05) is 20.2 Å². The zero-order valence-electron chi connectivity index (χ0n) is 8.21. The summed E-state index contributed by atoms with van der Waals surface area (Å²) >= 11 is 0. The van der Waals surface area contributed by atoms with E-state index in [1.807, 2.05) is 26.1 Å². The van der Waals surface area contributed by atoms with E-state index in [9.17, 15) is 0 Å². The van der Waals surface area contributed by atoms with Crippen LogP contribution in [0, 0.1) is 6.92 Å². The van der Waals surface area contributed by atoms with Crippen molar-refractivity contribution in [2.45, 2.75) is 13.3 Å². The van der Waals surface area contributed by atoms with Crippen LogP contribution in [0.15, 0.2) is 18.3 Å². The lowest BCUT2D eigenvalue weighted by Crippen LogP contribution is -2.11. The van der Waals surface area contributed by atoms with Gasteiger partial charge in [-0.2, -0.15) is 0 Å². The van der Waals surface area contributed by atoms with Gasteiger partial charge in [0.2, 0.25) is 0 Å². The Morgan fingerprint density at radius 2 is 2.38 bits per heavy atom. The Kier molecular flexibility index (Phi) is 4.26. The average Bonchev–Trinajstić information content (AvgIpc) is 2.15. The van der Waals surface area contributed by atoms with E-state index in [1.54, 1.807) is 6.20 Å². The zero-order chi connectivity index (χ0) is 9.52. The molecule has 0 saturated heterocycles. The predicted molar refractivity (Wildman–Crippen MR) is 53.0 cm³/mol. The molecule has 1 heterocycles. The van der Waals surface area contributed by atoms with Gasteiger partial charge in [0.15, 0.2) is 0 Å². The van der Waals surface area contributed by atoms with E-state index >= 15 is 0 Å². The van der Waals surface area contributed by atoms with E-state index in [0.717, 1.165) is 31.0 Å². The SMILES string of the molecule is CNCCCOc1cccnc1C. The maximum absolute atomic E-state index is 5.54. The second-order valence-corrected chi connectivity index (χ2v) is 2.89. The Morgan fingerprint density at radius 3 is 3.08 bits per heavy atom. The van der Waals surface area contributed by atoms with Crippen molar-refractivity contribution in [3.63, 3.8) is 0 Å². The van der Waals surface area contributed by atoms with Gasteiger partial charge in [-0.05, 0) is 39.1 Å². The lowest BCUT2D eigenvalue weighted by molar-refractivity contribution is 0.306. The maximum Gasteiger partial charge on any atom is 0.140 e. The minimum absolute atomic E-state index is 0.743. The number of pyridine rings is 1. The van der Waals surface area contributed by atoms with Gasteiger partial charge in [-0.25, -0.2) is 0 Å². The van der Waals surface area contributed by atoms with E-state index < -0.39 is 0 Å². The molecule has 0 spiro atoms. The van der Waals surface area contributed by atoms with Crippen LogP contribution < -0.4 is 10.1 Å². The summed E-state index contributed by atoms with van der Waals surface area (Å²) in [5.74, 6) is 0.888. The number of hydrogen-bond acceptors (Lipinski definition) is 3. The van der Waals surface area contributed by atoms with Crippen molar-refractivity contribution in [1.29, 1.82) is 0 Å². The first kappa shape index (κ1) is 9.99. The van der Waals surface area contributed by atoms with Gasteiger partial charge in [-0.15, -0.1) is 0 Å². The third kappa shape index (κ3) is 3.42. The molecule has 0 aliphatic heterocycles. The lowest BCUT2D eigenvalue weighted by atomic mass is 10.3. The van der Waals surface area contributed by atoms with Gasteiger partial charge in [0.25, 0.3) is 0 Å². The Bertz CT molecular complexity index is 250. The number of nitrogens with one attached hydrogen (secondary N) is 1. The van der Waals surface area contributed by atoms with Crippen LogP contribution in [0.1, 0.15) is 12.1 Å². The normalized spacial score (nSPS) is 10.0. The van der Waals surface area contributed by atoms with Crippen LogP contribution in [-0.4, -0.2) is 25.2 Å². The molecule has 0 unspecified atom stereocenters. The number of aromatic nitrogens is 1. The second-order valence-electron chi connectivity index (χ2n) is 2.89. The fraction of sp³-hybridized carbons (Fsp3) is 0.500. The Morgan fingerprint density at radius 1 is 1.54 bits per heavy atom. The van der Waals surface area contributed by atoms with Gasteiger partial charge in [0, 0.05) is 6.20 Å². The minimum atomic E-state index is 0.743. The van der Waals surface area contributed by atoms with Crippen molar-refractivity contribution in [3.8, 4) is 5.75 Å². The highest BCUT2D eigenvalue weighted by Crippen LogP contribution is 2.13. The summed E-state index contributed by atoms with van der Waals surface area (Å²) in [6.45, 7) is 3.68. The van der Waals surface area contributed by atoms with Crippen molar-refractivity contribution in [2.24, 2.45) is 0 Å². The van der Waals surface area contributed by atoms with Crippen LogP contribution in [0.5, 0.6) is 5.75 Å². The van der Waals surface area contributed by atoms with Gasteiger partial charge in [0.1, 0.15) is 5.75 Å². The minimum Gasteiger partial charge on any atom is -0.492 e. The molecule has 0 aliphatic carbocycles. The Hall–Kier alpha value is -1.09. The Balaban J connectivity index is 2.32. The molecule has 13 heavy (non-hydrogen) atoms. The van der Waals surface area contributed by atoms with Gasteiger partial charge >= 0.3 is 0 Å². The molecule has 3 heteroatoms. The lowest BCUT2D eigenvalue weighted by Gasteiger charge is -2.07. The van der Waals surface area contributed by atoms with Crippen LogP contribution >= 0.6 is 0 Å². The van der Waals surface area contributed by atoms with Crippen LogP contribution in [-0.2, 0) is 0 Å². The molecule has 0 aliphatic rings. The van der Waals surface area contributed by atoms with Crippen LogP contribution in [0.2, 0.25) is 0 Å². The summed E-state index contributed by atoms with van der Waals surface area (Å²) in [6.07, 6.45) is 2.79. The van der Waals surface area contributed by atoms with Gasteiger partial charge in [-0.1, -0.05) is 0 Å². The smallest absolute Gasteiger partial charge is 0.140 e. The molecule has 0 radical (unpaired) electrons. The predicted octanol–water partition coefficient (Wildman–Crippen LogP) is 1.38. The molecule has 0 saturated carbocycles. The van der Waals surface area contributed by atoms with Gasteiger partial charge < -0.3 is 10.1 Å². The molecular weight excluding hydrogens is 164 g/mol. The average molecular weight is 180 g/mol. The Labute approximate surface area is 79.1 Å². The fourth-order valence-corrected chi connectivity index (χ4v) is 1.05. The number of nitrogens with zero attached hydrogens (tertiary/aromatic N) is 1. The summed E-state index contributed by atoms with van der Waals surface area (Å²) < 4.78 is 5.54. The summed E-state index contributed by atoms with van der Waals surface area (Å²) in [5, 5.41) is 3.07. The van der Waals surface area contributed by atoms with Crippen molar-refractivity contribution < 1.29 is 4.74 Å². The number of ether oxygens (including phenoxy) is 1. The molecule has 1 aromatic heterocycles. The largest absolute Gasteiger partial charge is 0.492 e. The molecule has 1 rings (SSSR count). The summed E-state index contributed by atoms with van der Waals surface area (Å²) in [6, 6.07) is 3.84. The third-order valence-electron chi connectivity index (χ3n) is 1.79. The van der Waals surface area contributed by atoms with E-state index in [-0.39, 0.29) is 0 Å². The summed E-state index contributed by atoms with van der Waals surface area (Å²) in [7, 11) is 1.94. The zero-order valence-corrected chi connectivity index (χ0v) is 8.21. The first-order chi connectivity index (χ1) is 6.34. The number of aryl methyl sites for hydroxylation is 1. The maximum atomic E-state index is 5.54. The highest BCUT2D eigenvalue weighted by atomic mass is 16.5. The standard InChI is InChI=1S/C10H16N2O/c1-9-10(5-3-7-12-9)13-8-4-6-11-2/h3,5,7,11H,4,6,8H2,1-2H3. The first-order valence-electron chi connectivity index (χ1n) is 4.53. The number of hydrogen-bond donors (Lipinski definition) is 1. The second kappa shape index (κ2) is 5.54. The van der Waals surface area contributed by atoms with Crippen LogP contribution in [0.3, 0.4) is 0 Å². The molecule has 0 amide bonds. The summed E-state index contributed by atoms with van der Waals surface area (Å²) in [5.41, 5.74) is 0.951. The monoisotopic (exact) mass is 180 g/mol. The molecule has 0 bridgehead atoms. The van der Waals surface area contributed by atoms with Gasteiger partial charge in [0.05, 0.1) is 12.3 Å². The summed E-state index contributed by atoms with van der Waals surface area (Å²) in [4.78, 5) is 4.14. The molecule has 1 aromatic rings. The number of rotatable bonds is 5. The van der Waals surface area contributed by atoms with Crippen molar-refractivity contribution >= 4 is 0 Å².